The molecule has 110 valence electrons. The van der Waals surface area contributed by atoms with Gasteiger partial charge in [-0.2, -0.15) is 0 Å². The summed E-state index contributed by atoms with van der Waals surface area (Å²) in [5, 5.41) is 0. The number of carbonyl (C=O) groups excluding carboxylic acids is 1. The monoisotopic (exact) mass is 273 g/mol. The summed E-state index contributed by atoms with van der Waals surface area (Å²) in [7, 11) is 0. The van der Waals surface area contributed by atoms with Crippen LogP contribution in [0.5, 0.6) is 0 Å². The van der Waals surface area contributed by atoms with E-state index in [4.69, 9.17) is 0 Å². The molecule has 0 saturated heterocycles. The van der Waals surface area contributed by atoms with Crippen molar-refractivity contribution in [2.45, 2.75) is 65.5 Å². The summed E-state index contributed by atoms with van der Waals surface area (Å²) in [6, 6.07) is 6.73. The molecule has 0 bridgehead atoms. The minimum Gasteiger partial charge on any atom is -0.292 e. The Balaban J connectivity index is 2.11. The van der Waals surface area contributed by atoms with Crippen LogP contribution in [0, 0.1) is 13.8 Å². The van der Waals surface area contributed by atoms with Crippen LogP contribution in [-0.4, -0.2) is 29.3 Å². The molecule has 20 heavy (non-hydrogen) atoms. The van der Waals surface area contributed by atoms with Crippen molar-refractivity contribution in [2.75, 3.05) is 6.54 Å². The summed E-state index contributed by atoms with van der Waals surface area (Å²) in [6.07, 6.45) is 4.89. The molecule has 0 spiro atoms. The molecule has 1 aromatic carbocycles. The van der Waals surface area contributed by atoms with Gasteiger partial charge >= 0.3 is 0 Å². The number of hydrogen-bond acceptors (Lipinski definition) is 2. The first-order valence-corrected chi connectivity index (χ1v) is 7.91. The Morgan fingerprint density at radius 2 is 2.00 bits per heavy atom. The Hall–Kier alpha value is -1.15. The zero-order chi connectivity index (χ0) is 14.7. The quantitative estimate of drug-likeness (QED) is 0.696. The Kier molecular flexibility index (Phi) is 4.98. The lowest BCUT2D eigenvalue weighted by atomic mass is 9.99. The maximum absolute atomic E-state index is 12.7. The minimum atomic E-state index is 0.0103. The van der Waals surface area contributed by atoms with Crippen LogP contribution in [0.4, 0.5) is 0 Å². The van der Waals surface area contributed by atoms with Gasteiger partial charge in [0.25, 0.3) is 0 Å². The van der Waals surface area contributed by atoms with Gasteiger partial charge in [0.05, 0.1) is 6.04 Å². The number of Topliss-reactive ketones (excluding diaryl/α,β-unsaturated/α-hetero) is 1. The average molecular weight is 273 g/mol. The molecule has 1 aromatic rings. The van der Waals surface area contributed by atoms with Crippen molar-refractivity contribution < 1.29 is 4.79 Å². The molecule has 1 aliphatic carbocycles. The molecule has 2 rings (SSSR count). The Bertz CT molecular complexity index is 476. The van der Waals surface area contributed by atoms with E-state index in [0.717, 1.165) is 12.1 Å². The SMILES string of the molecule is CCCCN(C1CC1)C(C)C(=O)c1ccc(C)c(C)c1. The predicted octanol–water partition coefficient (Wildman–Crippen LogP) is 4.14. The first kappa shape index (κ1) is 15.2. The van der Waals surface area contributed by atoms with Crippen LogP contribution >= 0.6 is 0 Å². The van der Waals surface area contributed by atoms with E-state index in [-0.39, 0.29) is 11.8 Å². The van der Waals surface area contributed by atoms with E-state index in [2.05, 4.69) is 38.7 Å². The van der Waals surface area contributed by atoms with Crippen LogP contribution in [-0.2, 0) is 0 Å². The van der Waals surface area contributed by atoms with Crippen molar-refractivity contribution in [1.29, 1.82) is 0 Å². The zero-order valence-electron chi connectivity index (χ0n) is 13.3. The third kappa shape index (κ3) is 3.49. The fourth-order valence-electron chi connectivity index (χ4n) is 2.73. The topological polar surface area (TPSA) is 20.3 Å². The smallest absolute Gasteiger partial charge is 0.179 e. The van der Waals surface area contributed by atoms with Gasteiger partial charge in [-0.15, -0.1) is 0 Å². The van der Waals surface area contributed by atoms with E-state index >= 15 is 0 Å². The van der Waals surface area contributed by atoms with E-state index in [1.807, 2.05) is 12.1 Å². The second-order valence-electron chi connectivity index (χ2n) is 6.16. The number of benzene rings is 1. The van der Waals surface area contributed by atoms with E-state index < -0.39 is 0 Å². The second-order valence-corrected chi connectivity index (χ2v) is 6.16. The molecule has 2 nitrogen and oxygen atoms in total. The van der Waals surface area contributed by atoms with Gasteiger partial charge in [-0.1, -0.05) is 25.5 Å². The predicted molar refractivity (Wildman–Crippen MR) is 84.3 cm³/mol. The van der Waals surface area contributed by atoms with E-state index in [9.17, 15) is 4.79 Å². The lowest BCUT2D eigenvalue weighted by Crippen LogP contribution is -2.41. The maximum Gasteiger partial charge on any atom is 0.179 e. The van der Waals surface area contributed by atoms with E-state index in [0.29, 0.717) is 6.04 Å². The summed E-state index contributed by atoms with van der Waals surface area (Å²) in [5.74, 6) is 0.274. The molecular weight excluding hydrogens is 246 g/mol. The maximum atomic E-state index is 12.7. The number of rotatable bonds is 7. The molecule has 1 saturated carbocycles. The van der Waals surface area contributed by atoms with Gasteiger partial charge in [0.15, 0.2) is 5.78 Å². The van der Waals surface area contributed by atoms with Gasteiger partial charge in [-0.3, -0.25) is 9.69 Å². The molecular formula is C18H27NO. The molecule has 0 amide bonds. The van der Waals surface area contributed by atoms with Gasteiger partial charge in [-0.05, 0) is 63.8 Å². The van der Waals surface area contributed by atoms with Crippen molar-refractivity contribution in [3.8, 4) is 0 Å². The van der Waals surface area contributed by atoms with Gasteiger partial charge in [0.2, 0.25) is 0 Å². The lowest BCUT2D eigenvalue weighted by Gasteiger charge is -2.28. The minimum absolute atomic E-state index is 0.0103. The number of aryl methyl sites for hydroxylation is 2. The van der Waals surface area contributed by atoms with Crippen molar-refractivity contribution in [2.24, 2.45) is 0 Å². The first-order chi connectivity index (χ1) is 9.54. The molecule has 1 atom stereocenters. The summed E-state index contributed by atoms with van der Waals surface area (Å²) >= 11 is 0. The molecule has 0 aromatic heterocycles. The standard InChI is InChI=1S/C18H27NO/c1-5-6-11-19(17-9-10-17)15(4)18(20)16-8-7-13(2)14(3)12-16/h7-8,12,15,17H,5-6,9-11H2,1-4H3. The molecule has 1 aliphatic rings. The highest BCUT2D eigenvalue weighted by Crippen LogP contribution is 2.30. The molecule has 0 heterocycles. The highest BCUT2D eigenvalue weighted by Gasteiger charge is 2.34. The lowest BCUT2D eigenvalue weighted by molar-refractivity contribution is 0.0824. The molecule has 2 heteroatoms. The third-order valence-electron chi connectivity index (χ3n) is 4.45. The summed E-state index contributed by atoms with van der Waals surface area (Å²) < 4.78 is 0. The Labute approximate surface area is 123 Å². The van der Waals surface area contributed by atoms with Gasteiger partial charge in [-0.25, -0.2) is 0 Å². The van der Waals surface area contributed by atoms with Crippen LogP contribution in [0.3, 0.4) is 0 Å². The van der Waals surface area contributed by atoms with Crippen LogP contribution in [0.2, 0.25) is 0 Å². The number of nitrogens with zero attached hydrogens (tertiary/aromatic N) is 1. The first-order valence-electron chi connectivity index (χ1n) is 7.91. The summed E-state index contributed by atoms with van der Waals surface area (Å²) in [4.78, 5) is 15.1. The van der Waals surface area contributed by atoms with Crippen LogP contribution < -0.4 is 0 Å². The van der Waals surface area contributed by atoms with Crippen molar-refractivity contribution >= 4 is 5.78 Å². The number of carbonyl (C=O) groups is 1. The van der Waals surface area contributed by atoms with Crippen LogP contribution in [0.1, 0.15) is 61.0 Å². The molecule has 1 fully saturated rings. The summed E-state index contributed by atoms with van der Waals surface area (Å²) in [5.41, 5.74) is 3.32. The van der Waals surface area contributed by atoms with E-state index in [1.165, 1.54) is 36.8 Å². The van der Waals surface area contributed by atoms with Crippen molar-refractivity contribution in [1.82, 2.24) is 4.90 Å². The fraction of sp³-hybridized carbons (Fsp3) is 0.611. The Morgan fingerprint density at radius 3 is 2.55 bits per heavy atom. The van der Waals surface area contributed by atoms with Crippen LogP contribution in [0.15, 0.2) is 18.2 Å². The number of unbranched alkanes of at least 4 members (excludes halogenated alkanes) is 1. The number of ketones is 1. The van der Waals surface area contributed by atoms with Crippen molar-refractivity contribution in [3.63, 3.8) is 0 Å². The fourth-order valence-corrected chi connectivity index (χ4v) is 2.73. The van der Waals surface area contributed by atoms with Gasteiger partial charge in [0.1, 0.15) is 0 Å². The molecule has 0 aliphatic heterocycles. The largest absolute Gasteiger partial charge is 0.292 e. The molecule has 0 radical (unpaired) electrons. The zero-order valence-corrected chi connectivity index (χ0v) is 13.3. The van der Waals surface area contributed by atoms with Crippen molar-refractivity contribution in [3.05, 3.63) is 34.9 Å². The van der Waals surface area contributed by atoms with E-state index in [1.54, 1.807) is 0 Å². The highest BCUT2D eigenvalue weighted by atomic mass is 16.1. The van der Waals surface area contributed by atoms with Gasteiger partial charge in [0, 0.05) is 11.6 Å². The average Bonchev–Trinajstić information content (AvgIpc) is 3.26. The highest BCUT2D eigenvalue weighted by molar-refractivity contribution is 6.00. The summed E-state index contributed by atoms with van der Waals surface area (Å²) in [6.45, 7) is 9.50. The van der Waals surface area contributed by atoms with Gasteiger partial charge < -0.3 is 0 Å². The normalized spacial score (nSPS) is 16.4. The Morgan fingerprint density at radius 1 is 1.30 bits per heavy atom. The second kappa shape index (κ2) is 6.53. The molecule has 0 N–H and O–H groups in total. The third-order valence-corrected chi connectivity index (χ3v) is 4.45. The number of hydrogen-bond donors (Lipinski definition) is 0. The molecule has 1 unspecified atom stereocenters. The van der Waals surface area contributed by atoms with Crippen LogP contribution in [0.25, 0.3) is 0 Å².